The Morgan fingerprint density at radius 1 is 0.886 bits per heavy atom. The van der Waals surface area contributed by atoms with E-state index in [-0.39, 0.29) is 10.7 Å². The molecule has 0 atom stereocenters. The van der Waals surface area contributed by atoms with E-state index in [2.05, 4.69) is 5.32 Å². The summed E-state index contributed by atoms with van der Waals surface area (Å²) < 4.78 is 11.4. The van der Waals surface area contributed by atoms with Crippen LogP contribution in [0, 0.1) is 0 Å². The number of nitrogens with one attached hydrogen (secondary N) is 1. The van der Waals surface area contributed by atoms with Crippen molar-refractivity contribution in [3.63, 3.8) is 0 Å². The molecule has 1 N–H and O–H groups in total. The lowest BCUT2D eigenvalue weighted by atomic mass is 10.1. The Hall–Kier alpha value is -4.08. The molecular formula is C26H21N3O4S2. The summed E-state index contributed by atoms with van der Waals surface area (Å²) in [7, 11) is 3.57. The summed E-state index contributed by atoms with van der Waals surface area (Å²) in [5, 5.41) is 2.91. The molecule has 0 aromatic heterocycles. The van der Waals surface area contributed by atoms with Gasteiger partial charge in [0.05, 0.1) is 5.69 Å². The van der Waals surface area contributed by atoms with Gasteiger partial charge in [0.1, 0.15) is 22.8 Å². The van der Waals surface area contributed by atoms with Crippen LogP contribution < -0.4 is 19.7 Å². The predicted octanol–water partition coefficient (Wildman–Crippen LogP) is 4.54. The number of rotatable bonds is 5. The highest BCUT2D eigenvalue weighted by Crippen LogP contribution is 2.27. The van der Waals surface area contributed by atoms with E-state index in [4.69, 9.17) is 33.9 Å². The van der Waals surface area contributed by atoms with Gasteiger partial charge in [-0.15, -0.1) is 0 Å². The number of hydrogen-bond donors (Lipinski definition) is 1. The molecule has 1 aliphatic rings. The molecule has 7 nitrogen and oxygen atoms in total. The lowest BCUT2D eigenvalue weighted by molar-refractivity contribution is -0.122. The number of carbonyl (C=O) groups excluding carboxylic acids is 2. The molecule has 0 saturated carbocycles. The van der Waals surface area contributed by atoms with Crippen molar-refractivity contribution in [1.29, 1.82) is 0 Å². The Bertz CT molecular complexity index is 1300. The number of nitrogens with zero attached hydrogens (tertiary/aromatic N) is 2. The molecule has 0 bridgehead atoms. The molecule has 0 aliphatic carbocycles. The molecule has 4 rings (SSSR count). The molecule has 1 fully saturated rings. The Kier molecular flexibility index (Phi) is 7.19. The average molecular weight is 504 g/mol. The van der Waals surface area contributed by atoms with E-state index in [1.807, 2.05) is 30.3 Å². The van der Waals surface area contributed by atoms with Crippen molar-refractivity contribution in [3.8, 4) is 17.2 Å². The van der Waals surface area contributed by atoms with Crippen molar-refractivity contribution in [3.05, 3.63) is 90.0 Å². The smallest absolute Gasteiger partial charge is 0.270 e. The zero-order chi connectivity index (χ0) is 24.9. The summed E-state index contributed by atoms with van der Waals surface area (Å²) in [6.45, 7) is 0. The predicted molar refractivity (Wildman–Crippen MR) is 143 cm³/mol. The highest BCUT2D eigenvalue weighted by Gasteiger charge is 2.34. The van der Waals surface area contributed by atoms with Crippen LogP contribution in [0.1, 0.15) is 5.56 Å². The lowest BCUT2D eigenvalue weighted by Crippen LogP contribution is -2.54. The van der Waals surface area contributed by atoms with Crippen molar-refractivity contribution in [2.45, 2.75) is 0 Å². The van der Waals surface area contributed by atoms with Gasteiger partial charge >= 0.3 is 0 Å². The van der Waals surface area contributed by atoms with Gasteiger partial charge in [-0.05, 0) is 84.6 Å². The number of ether oxygens (including phenoxy) is 2. The minimum Gasteiger partial charge on any atom is -0.457 e. The van der Waals surface area contributed by atoms with Crippen molar-refractivity contribution < 1.29 is 19.1 Å². The standard InChI is InChI=1S/C26H21N3O4S2/c1-28(2)26(35)33-21-12-8-17(9-13-21)16-22-23(30)27-25(34)29(24(22)31)18-10-14-20(15-11-18)32-19-6-4-3-5-7-19/h3-16H,1-2H3,(H,27,30,34). The van der Waals surface area contributed by atoms with Crippen LogP contribution in [-0.2, 0) is 9.59 Å². The van der Waals surface area contributed by atoms with Gasteiger partial charge in [-0.25, -0.2) is 0 Å². The van der Waals surface area contributed by atoms with Crippen LogP contribution in [0.5, 0.6) is 17.2 Å². The summed E-state index contributed by atoms with van der Waals surface area (Å²) in [6, 6.07) is 23.1. The number of amides is 2. The first kappa shape index (κ1) is 24.1. The van der Waals surface area contributed by atoms with E-state index >= 15 is 0 Å². The largest absolute Gasteiger partial charge is 0.457 e. The third-order valence-corrected chi connectivity index (χ3v) is 5.67. The van der Waals surface area contributed by atoms with Crippen LogP contribution in [0.3, 0.4) is 0 Å². The van der Waals surface area contributed by atoms with Crippen molar-refractivity contribution in [2.24, 2.45) is 0 Å². The van der Waals surface area contributed by atoms with E-state index in [1.165, 1.54) is 11.0 Å². The highest BCUT2D eigenvalue weighted by atomic mass is 32.1. The van der Waals surface area contributed by atoms with Crippen molar-refractivity contribution in [2.75, 3.05) is 19.0 Å². The van der Waals surface area contributed by atoms with Crippen LogP contribution in [0.4, 0.5) is 5.69 Å². The molecule has 0 unspecified atom stereocenters. The maximum absolute atomic E-state index is 13.2. The Morgan fingerprint density at radius 3 is 2.11 bits per heavy atom. The molecule has 35 heavy (non-hydrogen) atoms. The summed E-state index contributed by atoms with van der Waals surface area (Å²) in [4.78, 5) is 28.8. The minimum atomic E-state index is -0.561. The zero-order valence-corrected chi connectivity index (χ0v) is 20.6. The van der Waals surface area contributed by atoms with Crippen molar-refractivity contribution in [1.82, 2.24) is 10.2 Å². The fourth-order valence-electron chi connectivity index (χ4n) is 3.17. The zero-order valence-electron chi connectivity index (χ0n) is 18.9. The number of thiocarbonyl (C=S) groups is 2. The molecule has 9 heteroatoms. The lowest BCUT2D eigenvalue weighted by Gasteiger charge is -2.29. The van der Waals surface area contributed by atoms with E-state index in [9.17, 15) is 9.59 Å². The van der Waals surface area contributed by atoms with E-state index < -0.39 is 11.8 Å². The number of para-hydroxylation sites is 1. The van der Waals surface area contributed by atoms with Gasteiger partial charge in [-0.1, -0.05) is 30.3 Å². The first-order valence-electron chi connectivity index (χ1n) is 10.6. The first-order chi connectivity index (χ1) is 16.8. The summed E-state index contributed by atoms with van der Waals surface area (Å²) in [6.07, 6.45) is 1.51. The molecule has 0 spiro atoms. The van der Waals surface area contributed by atoms with Crippen LogP contribution in [-0.4, -0.2) is 41.1 Å². The van der Waals surface area contributed by atoms with Gasteiger partial charge in [0.15, 0.2) is 5.11 Å². The quantitative estimate of drug-likeness (QED) is 0.312. The van der Waals surface area contributed by atoms with Gasteiger partial charge < -0.3 is 14.4 Å². The maximum atomic E-state index is 13.2. The number of benzene rings is 3. The number of hydrogen-bond acceptors (Lipinski definition) is 6. The maximum Gasteiger partial charge on any atom is 0.270 e. The first-order valence-corrected chi connectivity index (χ1v) is 11.4. The Balaban J connectivity index is 1.53. The second-order valence-corrected chi connectivity index (χ2v) is 8.43. The normalized spacial score (nSPS) is 14.5. The molecule has 3 aromatic carbocycles. The molecular weight excluding hydrogens is 482 g/mol. The average Bonchev–Trinajstić information content (AvgIpc) is 2.84. The van der Waals surface area contributed by atoms with Crippen molar-refractivity contribution >= 4 is 58.3 Å². The van der Waals surface area contributed by atoms with Gasteiger partial charge in [-0.3, -0.25) is 19.8 Å². The second kappa shape index (κ2) is 10.5. The van der Waals surface area contributed by atoms with Gasteiger partial charge in [-0.2, -0.15) is 0 Å². The molecule has 0 radical (unpaired) electrons. The minimum absolute atomic E-state index is 0.00910. The van der Waals surface area contributed by atoms with Crippen LogP contribution in [0.25, 0.3) is 6.08 Å². The van der Waals surface area contributed by atoms with Crippen LogP contribution >= 0.6 is 24.4 Å². The molecule has 3 aromatic rings. The summed E-state index contributed by atoms with van der Waals surface area (Å²) in [5.41, 5.74) is 1.11. The fraction of sp³-hybridized carbons (Fsp3) is 0.0769. The highest BCUT2D eigenvalue weighted by molar-refractivity contribution is 7.80. The third kappa shape index (κ3) is 5.71. The van der Waals surface area contributed by atoms with Gasteiger partial charge in [0.25, 0.3) is 17.0 Å². The SMILES string of the molecule is CN(C)C(=S)Oc1ccc(C=C2C(=O)NC(=S)N(c3ccc(Oc4ccccc4)cc3)C2=O)cc1. The van der Waals surface area contributed by atoms with E-state index in [0.29, 0.717) is 33.7 Å². The Morgan fingerprint density at radius 2 is 1.49 bits per heavy atom. The molecule has 176 valence electrons. The van der Waals surface area contributed by atoms with Gasteiger partial charge in [0.2, 0.25) is 0 Å². The number of carbonyl (C=O) groups is 2. The van der Waals surface area contributed by atoms with E-state index in [1.54, 1.807) is 67.5 Å². The number of anilines is 1. The third-order valence-electron chi connectivity index (χ3n) is 4.94. The Labute approximate surface area is 213 Å². The summed E-state index contributed by atoms with van der Waals surface area (Å²) in [5.74, 6) is 0.762. The summed E-state index contributed by atoms with van der Waals surface area (Å²) >= 11 is 10.4. The second-order valence-electron chi connectivity index (χ2n) is 7.70. The van der Waals surface area contributed by atoms with Gasteiger partial charge in [0, 0.05) is 14.1 Å². The molecule has 1 heterocycles. The fourth-order valence-corrected chi connectivity index (χ4v) is 3.55. The molecule has 2 amide bonds. The van der Waals surface area contributed by atoms with E-state index in [0.717, 1.165) is 0 Å². The topological polar surface area (TPSA) is 71.1 Å². The molecule has 1 saturated heterocycles. The van der Waals surface area contributed by atoms with Crippen LogP contribution in [0.2, 0.25) is 0 Å². The monoisotopic (exact) mass is 503 g/mol. The molecule has 1 aliphatic heterocycles. The van der Waals surface area contributed by atoms with Crippen LogP contribution in [0.15, 0.2) is 84.4 Å².